The molecule has 0 saturated heterocycles. The van der Waals surface area contributed by atoms with Gasteiger partial charge in [-0.2, -0.15) is 0 Å². The highest BCUT2D eigenvalue weighted by Crippen LogP contribution is 2.28. The van der Waals surface area contributed by atoms with Gasteiger partial charge in [-0.25, -0.2) is 4.79 Å². The molecule has 0 fully saturated rings. The molecule has 1 heterocycles. The van der Waals surface area contributed by atoms with Gasteiger partial charge < -0.3 is 19.8 Å². The van der Waals surface area contributed by atoms with Crippen molar-refractivity contribution in [1.29, 1.82) is 0 Å². The molecular formula is C19H16N2O4. The van der Waals surface area contributed by atoms with Crippen LogP contribution < -0.4 is 10.1 Å². The predicted molar refractivity (Wildman–Crippen MR) is 92.7 cm³/mol. The lowest BCUT2D eigenvalue weighted by Crippen LogP contribution is -2.21. The van der Waals surface area contributed by atoms with Crippen LogP contribution in [-0.4, -0.2) is 23.5 Å². The van der Waals surface area contributed by atoms with Gasteiger partial charge in [0.05, 0.1) is 5.69 Å². The van der Waals surface area contributed by atoms with E-state index in [2.05, 4.69) is 10.3 Å². The Balaban J connectivity index is 1.60. The maximum atomic E-state index is 12.0. The topological polar surface area (TPSA) is 80.4 Å². The minimum atomic E-state index is -0.589. The summed E-state index contributed by atoms with van der Waals surface area (Å²) in [5, 5.41) is 2.68. The van der Waals surface area contributed by atoms with Crippen molar-refractivity contribution in [3.05, 3.63) is 78.6 Å². The van der Waals surface area contributed by atoms with Crippen LogP contribution in [0.1, 0.15) is 10.5 Å². The van der Waals surface area contributed by atoms with Crippen molar-refractivity contribution >= 4 is 17.6 Å². The molecule has 3 rings (SSSR count). The highest BCUT2D eigenvalue weighted by molar-refractivity contribution is 5.95. The molecule has 0 bridgehead atoms. The van der Waals surface area contributed by atoms with E-state index in [1.807, 2.05) is 30.3 Å². The molecule has 6 heteroatoms. The number of carbonyl (C=O) groups excluding carboxylic acids is 2. The molecule has 6 nitrogen and oxygen atoms in total. The van der Waals surface area contributed by atoms with E-state index in [4.69, 9.17) is 9.47 Å². The number of hydrogen-bond acceptors (Lipinski definition) is 4. The van der Waals surface area contributed by atoms with Crippen molar-refractivity contribution in [2.24, 2.45) is 0 Å². The number of para-hydroxylation sites is 3. The summed E-state index contributed by atoms with van der Waals surface area (Å²) in [4.78, 5) is 26.5. The smallest absolute Gasteiger partial charge is 0.355 e. The molecule has 1 amide bonds. The zero-order valence-corrected chi connectivity index (χ0v) is 13.3. The second kappa shape index (κ2) is 7.83. The van der Waals surface area contributed by atoms with E-state index >= 15 is 0 Å². The molecule has 0 aliphatic carbocycles. The van der Waals surface area contributed by atoms with Crippen LogP contribution in [0.15, 0.2) is 72.9 Å². The molecule has 2 N–H and O–H groups in total. The van der Waals surface area contributed by atoms with Crippen LogP contribution in [0.2, 0.25) is 0 Å². The van der Waals surface area contributed by atoms with Crippen LogP contribution in [0.4, 0.5) is 5.69 Å². The Hall–Kier alpha value is -3.54. The standard InChI is InChI=1S/C19H16N2O4/c22-18(13-24-19(23)16-10-6-12-20-16)21-15-9-4-5-11-17(15)25-14-7-2-1-3-8-14/h1-12,20H,13H2,(H,21,22). The molecule has 25 heavy (non-hydrogen) atoms. The molecule has 1 aromatic heterocycles. The zero-order chi connectivity index (χ0) is 17.5. The van der Waals surface area contributed by atoms with Crippen LogP contribution in [0.25, 0.3) is 0 Å². The minimum absolute atomic E-state index is 0.292. The zero-order valence-electron chi connectivity index (χ0n) is 13.3. The predicted octanol–water partition coefficient (Wildman–Crippen LogP) is 3.60. The number of carbonyl (C=O) groups is 2. The largest absolute Gasteiger partial charge is 0.455 e. The van der Waals surface area contributed by atoms with Gasteiger partial charge in [-0.05, 0) is 36.4 Å². The number of esters is 1. The van der Waals surface area contributed by atoms with Gasteiger partial charge in [0, 0.05) is 6.20 Å². The molecule has 126 valence electrons. The molecule has 0 atom stereocenters. The summed E-state index contributed by atoms with van der Waals surface area (Å²) >= 11 is 0. The molecule has 0 saturated carbocycles. The van der Waals surface area contributed by atoms with E-state index < -0.39 is 18.5 Å². The molecule has 0 radical (unpaired) electrons. The summed E-state index contributed by atoms with van der Waals surface area (Å²) in [5.74, 6) is 0.109. The number of aromatic nitrogens is 1. The molecule has 0 aliphatic heterocycles. The first-order valence-electron chi connectivity index (χ1n) is 7.64. The molecule has 3 aromatic rings. The number of anilines is 1. The van der Waals surface area contributed by atoms with Crippen molar-refractivity contribution in [1.82, 2.24) is 4.98 Å². The van der Waals surface area contributed by atoms with Crippen molar-refractivity contribution < 1.29 is 19.1 Å². The van der Waals surface area contributed by atoms with Crippen molar-refractivity contribution in [2.45, 2.75) is 0 Å². The van der Waals surface area contributed by atoms with Crippen LogP contribution in [0, 0.1) is 0 Å². The van der Waals surface area contributed by atoms with Gasteiger partial charge in [-0.3, -0.25) is 4.79 Å². The highest BCUT2D eigenvalue weighted by atomic mass is 16.5. The summed E-state index contributed by atoms with van der Waals surface area (Å²) in [5.41, 5.74) is 0.785. The number of H-pyrrole nitrogens is 1. The fraction of sp³-hybridized carbons (Fsp3) is 0.0526. The van der Waals surface area contributed by atoms with Gasteiger partial charge >= 0.3 is 5.97 Å². The van der Waals surface area contributed by atoms with Crippen molar-refractivity contribution in [3.63, 3.8) is 0 Å². The third kappa shape index (κ3) is 4.48. The SMILES string of the molecule is O=C(COC(=O)c1ccc[nH]1)Nc1ccccc1Oc1ccccc1. The Morgan fingerprint density at radius 2 is 1.68 bits per heavy atom. The van der Waals surface area contributed by atoms with E-state index in [1.165, 1.54) is 0 Å². The average Bonchev–Trinajstić information content (AvgIpc) is 3.17. The molecule has 2 aromatic carbocycles. The van der Waals surface area contributed by atoms with Crippen LogP contribution in [0.5, 0.6) is 11.5 Å². The van der Waals surface area contributed by atoms with E-state index in [0.717, 1.165) is 0 Å². The Morgan fingerprint density at radius 3 is 2.44 bits per heavy atom. The second-order valence-corrected chi connectivity index (χ2v) is 5.12. The Labute approximate surface area is 144 Å². The first kappa shape index (κ1) is 16.3. The first-order valence-corrected chi connectivity index (χ1v) is 7.64. The van der Waals surface area contributed by atoms with E-state index in [-0.39, 0.29) is 0 Å². The maximum Gasteiger partial charge on any atom is 0.355 e. The number of amides is 1. The average molecular weight is 336 g/mol. The number of ether oxygens (including phenoxy) is 2. The number of hydrogen-bond donors (Lipinski definition) is 2. The normalized spacial score (nSPS) is 10.1. The Kier molecular flexibility index (Phi) is 5.11. The second-order valence-electron chi connectivity index (χ2n) is 5.12. The van der Waals surface area contributed by atoms with Crippen LogP contribution in [-0.2, 0) is 9.53 Å². The quantitative estimate of drug-likeness (QED) is 0.674. The molecular weight excluding hydrogens is 320 g/mol. The van der Waals surface area contributed by atoms with Gasteiger partial charge in [0.15, 0.2) is 12.4 Å². The van der Waals surface area contributed by atoms with Crippen molar-refractivity contribution in [2.75, 3.05) is 11.9 Å². The number of nitrogens with one attached hydrogen (secondary N) is 2. The Bertz CT molecular complexity index is 845. The van der Waals surface area contributed by atoms with Gasteiger partial charge in [0.25, 0.3) is 5.91 Å². The molecule has 0 spiro atoms. The third-order valence-electron chi connectivity index (χ3n) is 3.28. The lowest BCUT2D eigenvalue weighted by Gasteiger charge is -2.12. The van der Waals surface area contributed by atoms with Gasteiger partial charge in [0.2, 0.25) is 0 Å². The third-order valence-corrected chi connectivity index (χ3v) is 3.28. The number of rotatable bonds is 6. The van der Waals surface area contributed by atoms with E-state index in [9.17, 15) is 9.59 Å². The fourth-order valence-corrected chi connectivity index (χ4v) is 2.13. The monoisotopic (exact) mass is 336 g/mol. The maximum absolute atomic E-state index is 12.0. The van der Waals surface area contributed by atoms with E-state index in [0.29, 0.717) is 22.9 Å². The van der Waals surface area contributed by atoms with Crippen molar-refractivity contribution in [3.8, 4) is 11.5 Å². The van der Waals surface area contributed by atoms with Crippen LogP contribution in [0.3, 0.4) is 0 Å². The summed E-state index contributed by atoms with van der Waals surface area (Å²) in [6.07, 6.45) is 1.60. The molecule has 0 unspecified atom stereocenters. The van der Waals surface area contributed by atoms with Gasteiger partial charge in [-0.1, -0.05) is 30.3 Å². The minimum Gasteiger partial charge on any atom is -0.455 e. The lowest BCUT2D eigenvalue weighted by atomic mass is 10.3. The number of aromatic amines is 1. The fourth-order valence-electron chi connectivity index (χ4n) is 2.13. The number of benzene rings is 2. The van der Waals surface area contributed by atoms with Crippen LogP contribution >= 0.6 is 0 Å². The van der Waals surface area contributed by atoms with Gasteiger partial charge in [0.1, 0.15) is 11.4 Å². The lowest BCUT2D eigenvalue weighted by molar-refractivity contribution is -0.119. The molecule has 0 aliphatic rings. The summed E-state index contributed by atoms with van der Waals surface area (Å²) in [7, 11) is 0. The van der Waals surface area contributed by atoms with Gasteiger partial charge in [-0.15, -0.1) is 0 Å². The summed E-state index contributed by atoms with van der Waals surface area (Å²) in [6.45, 7) is -0.391. The van der Waals surface area contributed by atoms with E-state index in [1.54, 1.807) is 42.6 Å². The summed E-state index contributed by atoms with van der Waals surface area (Å²) < 4.78 is 10.7. The first-order chi connectivity index (χ1) is 12.2. The Morgan fingerprint density at radius 1 is 0.920 bits per heavy atom. The summed E-state index contributed by atoms with van der Waals surface area (Å²) in [6, 6.07) is 19.5. The highest BCUT2D eigenvalue weighted by Gasteiger charge is 2.12.